The van der Waals surface area contributed by atoms with Crippen LogP contribution in [-0.4, -0.2) is 15.7 Å². The molecule has 3 aromatic rings. The maximum Gasteiger partial charge on any atom is 0.435 e. The van der Waals surface area contributed by atoms with Gasteiger partial charge >= 0.3 is 6.18 Å². The number of rotatable bonds is 5. The summed E-state index contributed by atoms with van der Waals surface area (Å²) in [5.74, 6) is 0.745. The van der Waals surface area contributed by atoms with Gasteiger partial charge in [0.25, 0.3) is 0 Å². The molecule has 0 spiro atoms. The zero-order chi connectivity index (χ0) is 21.1. The van der Waals surface area contributed by atoms with Crippen molar-refractivity contribution in [3.05, 3.63) is 71.5 Å². The first-order valence-corrected chi connectivity index (χ1v) is 9.69. The SMILES string of the molecule is O=C(Cn1nc(C(F)(F)F)c2c1CCCC2)Nc1cccc(Oc2ccccc2)c1. The zero-order valence-corrected chi connectivity index (χ0v) is 16.1. The fourth-order valence-electron chi connectivity index (χ4n) is 3.63. The van der Waals surface area contributed by atoms with E-state index in [0.717, 1.165) is 6.42 Å². The van der Waals surface area contributed by atoms with Crippen LogP contribution >= 0.6 is 0 Å². The molecular formula is C22H20F3N3O2. The van der Waals surface area contributed by atoms with Crippen LogP contribution in [0.3, 0.4) is 0 Å². The third-order valence-electron chi connectivity index (χ3n) is 4.92. The van der Waals surface area contributed by atoms with Crippen molar-refractivity contribution in [3.8, 4) is 11.5 Å². The molecule has 1 aromatic heterocycles. The molecule has 2 aromatic carbocycles. The van der Waals surface area contributed by atoms with E-state index in [1.54, 1.807) is 24.3 Å². The van der Waals surface area contributed by atoms with Crippen LogP contribution in [0.25, 0.3) is 0 Å². The molecule has 0 aliphatic heterocycles. The van der Waals surface area contributed by atoms with E-state index in [0.29, 0.717) is 42.1 Å². The number of carbonyl (C=O) groups excluding carboxylic acids is 1. The minimum atomic E-state index is -4.52. The van der Waals surface area contributed by atoms with E-state index in [9.17, 15) is 18.0 Å². The number of benzene rings is 2. The Labute approximate surface area is 171 Å². The summed E-state index contributed by atoms with van der Waals surface area (Å²) in [6.45, 7) is -0.276. The third-order valence-corrected chi connectivity index (χ3v) is 4.92. The number of alkyl halides is 3. The van der Waals surface area contributed by atoms with Crippen LogP contribution in [0.1, 0.15) is 29.8 Å². The summed E-state index contributed by atoms with van der Waals surface area (Å²) in [5.41, 5.74) is 0.346. The molecule has 0 bridgehead atoms. The van der Waals surface area contributed by atoms with Gasteiger partial charge in [-0.15, -0.1) is 0 Å². The maximum absolute atomic E-state index is 13.3. The lowest BCUT2D eigenvalue weighted by Gasteiger charge is -2.15. The number of anilines is 1. The molecule has 0 radical (unpaired) electrons. The molecule has 1 heterocycles. The number of carbonyl (C=O) groups is 1. The Morgan fingerprint density at radius 3 is 2.53 bits per heavy atom. The fraction of sp³-hybridized carbons (Fsp3) is 0.273. The standard InChI is InChI=1S/C22H20F3N3O2/c23-22(24,25)21-18-11-4-5-12-19(18)28(27-21)14-20(29)26-15-7-6-10-17(13-15)30-16-8-2-1-3-9-16/h1-3,6-10,13H,4-5,11-12,14H2,(H,26,29). The Morgan fingerprint density at radius 2 is 1.77 bits per heavy atom. The largest absolute Gasteiger partial charge is 0.457 e. The van der Waals surface area contributed by atoms with Gasteiger partial charge in [-0.2, -0.15) is 18.3 Å². The van der Waals surface area contributed by atoms with Crippen molar-refractivity contribution < 1.29 is 22.7 Å². The summed E-state index contributed by atoms with van der Waals surface area (Å²) in [6.07, 6.45) is -2.21. The minimum absolute atomic E-state index is 0.222. The average Bonchev–Trinajstić information content (AvgIpc) is 3.08. The summed E-state index contributed by atoms with van der Waals surface area (Å²) in [6, 6.07) is 16.0. The molecule has 1 aliphatic carbocycles. The second kappa shape index (κ2) is 8.22. The molecule has 0 saturated carbocycles. The van der Waals surface area contributed by atoms with Gasteiger partial charge in [0.15, 0.2) is 5.69 Å². The number of nitrogens with one attached hydrogen (secondary N) is 1. The van der Waals surface area contributed by atoms with Gasteiger partial charge < -0.3 is 10.1 Å². The minimum Gasteiger partial charge on any atom is -0.457 e. The lowest BCUT2D eigenvalue weighted by Crippen LogP contribution is -2.21. The summed E-state index contributed by atoms with van der Waals surface area (Å²) in [7, 11) is 0. The molecule has 8 heteroatoms. The molecule has 5 nitrogen and oxygen atoms in total. The average molecular weight is 415 g/mol. The van der Waals surface area contributed by atoms with Crippen molar-refractivity contribution in [2.75, 3.05) is 5.32 Å². The highest BCUT2D eigenvalue weighted by atomic mass is 19.4. The fourth-order valence-corrected chi connectivity index (χ4v) is 3.63. The third kappa shape index (κ3) is 4.48. The normalized spacial score (nSPS) is 13.6. The Bertz CT molecular complexity index is 1050. The summed E-state index contributed by atoms with van der Waals surface area (Å²) in [5, 5.41) is 6.43. The van der Waals surface area contributed by atoms with Gasteiger partial charge in [-0.05, 0) is 49.9 Å². The van der Waals surface area contributed by atoms with Gasteiger partial charge in [0.1, 0.15) is 18.0 Å². The number of halogens is 3. The summed E-state index contributed by atoms with van der Waals surface area (Å²) < 4.78 is 46.9. The van der Waals surface area contributed by atoms with Gasteiger partial charge in [-0.3, -0.25) is 9.48 Å². The van der Waals surface area contributed by atoms with Gasteiger partial charge in [0.05, 0.1) is 0 Å². The quantitative estimate of drug-likeness (QED) is 0.622. The van der Waals surface area contributed by atoms with E-state index in [1.165, 1.54) is 4.68 Å². The highest BCUT2D eigenvalue weighted by molar-refractivity contribution is 5.90. The Morgan fingerprint density at radius 1 is 1.03 bits per heavy atom. The number of ether oxygens (including phenoxy) is 1. The first kappa shape index (κ1) is 20.0. The van der Waals surface area contributed by atoms with Crippen LogP contribution in [-0.2, 0) is 30.4 Å². The van der Waals surface area contributed by atoms with Crippen molar-refractivity contribution in [2.24, 2.45) is 0 Å². The Balaban J connectivity index is 1.48. The number of hydrogen-bond acceptors (Lipinski definition) is 3. The Hall–Kier alpha value is -3.29. The van der Waals surface area contributed by atoms with Crippen molar-refractivity contribution in [1.29, 1.82) is 0 Å². The number of aromatic nitrogens is 2. The van der Waals surface area contributed by atoms with E-state index in [4.69, 9.17) is 4.74 Å². The lowest BCUT2D eigenvalue weighted by molar-refractivity contribution is -0.142. The lowest BCUT2D eigenvalue weighted by atomic mass is 9.95. The smallest absolute Gasteiger partial charge is 0.435 e. The van der Waals surface area contributed by atoms with Gasteiger partial charge in [-0.25, -0.2) is 0 Å². The highest BCUT2D eigenvalue weighted by Crippen LogP contribution is 2.35. The second-order valence-electron chi connectivity index (χ2n) is 7.13. The number of fused-ring (bicyclic) bond motifs is 1. The first-order valence-electron chi connectivity index (χ1n) is 9.69. The zero-order valence-electron chi connectivity index (χ0n) is 16.1. The summed E-state index contributed by atoms with van der Waals surface area (Å²) in [4.78, 5) is 12.5. The van der Waals surface area contributed by atoms with Crippen LogP contribution in [0, 0.1) is 0 Å². The van der Waals surface area contributed by atoms with Gasteiger partial charge in [0.2, 0.25) is 5.91 Å². The number of hydrogen-bond donors (Lipinski definition) is 1. The predicted molar refractivity (Wildman–Crippen MR) is 105 cm³/mol. The van der Waals surface area contributed by atoms with Crippen LogP contribution < -0.4 is 10.1 Å². The topological polar surface area (TPSA) is 56.2 Å². The van der Waals surface area contributed by atoms with Gasteiger partial charge in [-0.1, -0.05) is 24.3 Å². The van der Waals surface area contributed by atoms with Crippen molar-refractivity contribution >= 4 is 11.6 Å². The predicted octanol–water partition coefficient (Wildman–Crippen LogP) is 5.21. The molecule has 0 atom stereocenters. The van der Waals surface area contributed by atoms with E-state index in [1.807, 2.05) is 30.3 Å². The molecule has 1 N–H and O–H groups in total. The van der Waals surface area contributed by atoms with Crippen LogP contribution in [0.5, 0.6) is 11.5 Å². The number of amides is 1. The van der Waals surface area contributed by atoms with E-state index in [-0.39, 0.29) is 12.1 Å². The number of para-hydroxylation sites is 1. The Kier molecular flexibility index (Phi) is 5.48. The van der Waals surface area contributed by atoms with Gasteiger partial charge in [0, 0.05) is 23.0 Å². The molecule has 156 valence electrons. The van der Waals surface area contributed by atoms with Crippen molar-refractivity contribution in [3.63, 3.8) is 0 Å². The molecule has 0 saturated heterocycles. The first-order chi connectivity index (χ1) is 14.4. The number of nitrogens with zero attached hydrogens (tertiary/aromatic N) is 2. The molecule has 0 fully saturated rings. The van der Waals surface area contributed by atoms with Crippen molar-refractivity contribution in [2.45, 2.75) is 38.4 Å². The van der Waals surface area contributed by atoms with E-state index >= 15 is 0 Å². The second-order valence-corrected chi connectivity index (χ2v) is 7.13. The monoisotopic (exact) mass is 415 g/mol. The molecule has 1 aliphatic rings. The molecule has 1 amide bonds. The highest BCUT2D eigenvalue weighted by Gasteiger charge is 2.39. The molecule has 4 rings (SSSR count). The summed E-state index contributed by atoms with van der Waals surface area (Å²) >= 11 is 0. The van der Waals surface area contributed by atoms with Crippen LogP contribution in [0.2, 0.25) is 0 Å². The van der Waals surface area contributed by atoms with E-state index in [2.05, 4.69) is 10.4 Å². The van der Waals surface area contributed by atoms with E-state index < -0.39 is 17.8 Å². The van der Waals surface area contributed by atoms with Crippen LogP contribution in [0.4, 0.5) is 18.9 Å². The maximum atomic E-state index is 13.3. The molecular weight excluding hydrogens is 395 g/mol. The molecule has 0 unspecified atom stereocenters. The molecule has 30 heavy (non-hydrogen) atoms. The van der Waals surface area contributed by atoms with Crippen LogP contribution in [0.15, 0.2) is 54.6 Å². The van der Waals surface area contributed by atoms with Crippen molar-refractivity contribution in [1.82, 2.24) is 9.78 Å².